The van der Waals surface area contributed by atoms with E-state index in [4.69, 9.17) is 13.9 Å². The topological polar surface area (TPSA) is 93.9 Å². The second-order valence-electron chi connectivity index (χ2n) is 8.62. The standard InChI is InChI=1S/C25H37N3O5S/c1-5-20-9-6-7-13-28(20)14-8-12-26-24(29)17-34(30)16-21-18(2)33-25(27-21)19-10-11-22(31-3)23(15-19)32-4/h10-11,15,20H,5-9,12-14,16-17H2,1-4H3,(H,26,29)/t20-,34+/m0/s1. The molecule has 1 amide bonds. The molecule has 0 spiro atoms. The molecule has 0 radical (unpaired) electrons. The Labute approximate surface area is 204 Å². The summed E-state index contributed by atoms with van der Waals surface area (Å²) < 4.78 is 29.0. The smallest absolute Gasteiger partial charge is 0.232 e. The minimum Gasteiger partial charge on any atom is -0.493 e. The van der Waals surface area contributed by atoms with Crippen molar-refractivity contribution in [3.8, 4) is 23.0 Å². The van der Waals surface area contributed by atoms with E-state index in [-0.39, 0.29) is 17.4 Å². The third-order valence-corrected chi connectivity index (χ3v) is 7.46. The molecule has 8 nitrogen and oxygen atoms in total. The summed E-state index contributed by atoms with van der Waals surface area (Å²) >= 11 is 0. The van der Waals surface area contributed by atoms with Gasteiger partial charge < -0.3 is 24.1 Å². The summed E-state index contributed by atoms with van der Waals surface area (Å²) in [7, 11) is 1.77. The normalized spacial score (nSPS) is 17.4. The number of methoxy groups -OCH3 is 2. The largest absolute Gasteiger partial charge is 0.493 e. The van der Waals surface area contributed by atoms with E-state index in [0.717, 1.165) is 25.1 Å². The Bertz CT molecular complexity index is 977. The summed E-state index contributed by atoms with van der Waals surface area (Å²) in [6.07, 6.45) is 5.94. The monoisotopic (exact) mass is 491 g/mol. The van der Waals surface area contributed by atoms with Gasteiger partial charge in [-0.15, -0.1) is 0 Å². The lowest BCUT2D eigenvalue weighted by molar-refractivity contribution is -0.118. The van der Waals surface area contributed by atoms with Crippen LogP contribution in [0.15, 0.2) is 22.6 Å². The fourth-order valence-corrected chi connectivity index (χ4v) is 5.45. The van der Waals surface area contributed by atoms with Gasteiger partial charge in [0.1, 0.15) is 11.5 Å². The van der Waals surface area contributed by atoms with Crippen LogP contribution in [0.2, 0.25) is 0 Å². The molecule has 0 aliphatic carbocycles. The van der Waals surface area contributed by atoms with Crippen LogP contribution in [-0.4, -0.2) is 65.6 Å². The number of nitrogens with zero attached hydrogens (tertiary/aromatic N) is 2. The molecule has 2 atom stereocenters. The Morgan fingerprint density at radius 3 is 2.79 bits per heavy atom. The second kappa shape index (κ2) is 12.9. The van der Waals surface area contributed by atoms with Crippen LogP contribution in [0.25, 0.3) is 11.5 Å². The number of amides is 1. The van der Waals surface area contributed by atoms with Crippen molar-refractivity contribution in [3.05, 3.63) is 29.7 Å². The molecule has 0 saturated carbocycles. The van der Waals surface area contributed by atoms with Crippen LogP contribution in [0.3, 0.4) is 0 Å². The first-order chi connectivity index (χ1) is 16.4. The molecule has 9 heteroatoms. The van der Waals surface area contributed by atoms with Gasteiger partial charge in [-0.2, -0.15) is 0 Å². The van der Waals surface area contributed by atoms with E-state index in [9.17, 15) is 9.00 Å². The predicted octanol–water partition coefficient (Wildman–Crippen LogP) is 3.69. The Morgan fingerprint density at radius 2 is 2.06 bits per heavy atom. The van der Waals surface area contributed by atoms with Crippen LogP contribution in [0.4, 0.5) is 0 Å². The van der Waals surface area contributed by atoms with E-state index in [2.05, 4.69) is 22.1 Å². The van der Waals surface area contributed by atoms with E-state index in [1.54, 1.807) is 33.3 Å². The van der Waals surface area contributed by atoms with Crippen molar-refractivity contribution in [1.29, 1.82) is 0 Å². The van der Waals surface area contributed by atoms with Crippen molar-refractivity contribution in [2.24, 2.45) is 0 Å². The highest BCUT2D eigenvalue weighted by Crippen LogP contribution is 2.32. The van der Waals surface area contributed by atoms with Crippen LogP contribution in [-0.2, 0) is 21.3 Å². The molecule has 3 rings (SSSR count). The van der Waals surface area contributed by atoms with Crippen LogP contribution in [0.5, 0.6) is 11.5 Å². The van der Waals surface area contributed by atoms with Crippen molar-refractivity contribution < 1.29 is 22.9 Å². The number of hydrogen-bond acceptors (Lipinski definition) is 7. The van der Waals surface area contributed by atoms with Crippen LogP contribution < -0.4 is 14.8 Å². The predicted molar refractivity (Wildman–Crippen MR) is 134 cm³/mol. The van der Waals surface area contributed by atoms with Crippen molar-refractivity contribution in [2.75, 3.05) is 39.6 Å². The molecule has 1 aliphatic heterocycles. The SMILES string of the molecule is CC[C@H]1CCCCN1CCCNC(=O)C[S@](=O)Cc1nc(-c2ccc(OC)c(OC)c2)oc1C. The van der Waals surface area contributed by atoms with Gasteiger partial charge in [0.25, 0.3) is 0 Å². The summed E-state index contributed by atoms with van der Waals surface area (Å²) in [5.74, 6) is 2.13. The Morgan fingerprint density at radius 1 is 1.26 bits per heavy atom. The summed E-state index contributed by atoms with van der Waals surface area (Å²) in [6.45, 7) is 6.79. The molecule has 1 aliphatic rings. The fourth-order valence-electron chi connectivity index (χ4n) is 4.38. The van der Waals surface area contributed by atoms with Gasteiger partial charge >= 0.3 is 0 Å². The zero-order valence-corrected chi connectivity index (χ0v) is 21.5. The van der Waals surface area contributed by atoms with E-state index >= 15 is 0 Å². The molecule has 1 N–H and O–H groups in total. The maximum Gasteiger partial charge on any atom is 0.232 e. The van der Waals surface area contributed by atoms with Crippen LogP contribution in [0, 0.1) is 6.92 Å². The van der Waals surface area contributed by atoms with Crippen molar-refractivity contribution in [3.63, 3.8) is 0 Å². The molecule has 1 aromatic heterocycles. The van der Waals surface area contributed by atoms with Gasteiger partial charge in [-0.1, -0.05) is 13.3 Å². The highest BCUT2D eigenvalue weighted by atomic mass is 32.2. The highest BCUT2D eigenvalue weighted by molar-refractivity contribution is 7.84. The van der Waals surface area contributed by atoms with Gasteiger partial charge in [0.15, 0.2) is 11.5 Å². The third kappa shape index (κ3) is 7.06. The molecule has 188 valence electrons. The van der Waals surface area contributed by atoms with Gasteiger partial charge in [-0.25, -0.2) is 4.98 Å². The van der Waals surface area contributed by atoms with E-state index in [1.807, 2.05) is 6.07 Å². The van der Waals surface area contributed by atoms with Gasteiger partial charge in [-0.05, 0) is 57.4 Å². The summed E-state index contributed by atoms with van der Waals surface area (Å²) in [5.41, 5.74) is 1.32. The first-order valence-corrected chi connectivity index (χ1v) is 13.5. The molecule has 1 aromatic carbocycles. The first-order valence-electron chi connectivity index (χ1n) is 12.0. The zero-order valence-electron chi connectivity index (χ0n) is 20.7. The van der Waals surface area contributed by atoms with E-state index in [1.165, 1.54) is 25.7 Å². The summed E-state index contributed by atoms with van der Waals surface area (Å²) in [4.78, 5) is 19.3. The average molecular weight is 492 g/mol. The number of carbonyl (C=O) groups excluding carboxylic acids is 1. The van der Waals surface area contributed by atoms with Crippen LogP contribution >= 0.6 is 0 Å². The number of benzene rings is 1. The minimum atomic E-state index is -1.37. The summed E-state index contributed by atoms with van der Waals surface area (Å²) in [5, 5.41) is 2.91. The number of hydrogen-bond donors (Lipinski definition) is 1. The Balaban J connectivity index is 1.46. The average Bonchev–Trinajstić information content (AvgIpc) is 3.21. The molecule has 2 aromatic rings. The minimum absolute atomic E-state index is 0.0424. The number of ether oxygens (including phenoxy) is 2. The van der Waals surface area contributed by atoms with Crippen molar-refractivity contribution in [1.82, 2.24) is 15.2 Å². The van der Waals surface area contributed by atoms with Gasteiger partial charge in [0.05, 0.1) is 25.7 Å². The lowest BCUT2D eigenvalue weighted by Crippen LogP contribution is -2.40. The molecule has 0 bridgehead atoms. The lowest BCUT2D eigenvalue weighted by atomic mass is 10.00. The van der Waals surface area contributed by atoms with Crippen molar-refractivity contribution >= 4 is 16.7 Å². The number of oxazole rings is 1. The number of rotatable bonds is 12. The number of piperidine rings is 1. The maximum absolute atomic E-state index is 12.6. The van der Waals surface area contributed by atoms with Crippen molar-refractivity contribution in [2.45, 2.75) is 57.7 Å². The molecular formula is C25H37N3O5S. The molecule has 2 heterocycles. The number of aryl methyl sites for hydroxylation is 1. The Kier molecular flexibility index (Phi) is 9.95. The van der Waals surface area contributed by atoms with E-state index in [0.29, 0.717) is 41.4 Å². The summed E-state index contributed by atoms with van der Waals surface area (Å²) in [6, 6.07) is 6.06. The molecule has 34 heavy (non-hydrogen) atoms. The third-order valence-electron chi connectivity index (χ3n) is 6.28. The number of nitrogens with one attached hydrogen (secondary N) is 1. The first kappa shape index (κ1) is 26.2. The van der Waals surface area contributed by atoms with Gasteiger partial charge in [0, 0.05) is 35.5 Å². The van der Waals surface area contributed by atoms with Crippen LogP contribution in [0.1, 0.15) is 50.5 Å². The maximum atomic E-state index is 12.6. The van der Waals surface area contributed by atoms with E-state index < -0.39 is 10.8 Å². The Hall–Kier alpha value is -2.39. The number of aromatic nitrogens is 1. The molecule has 1 saturated heterocycles. The quantitative estimate of drug-likeness (QED) is 0.453. The van der Waals surface area contributed by atoms with Gasteiger partial charge in [-0.3, -0.25) is 9.00 Å². The fraction of sp³-hybridized carbons (Fsp3) is 0.600. The zero-order chi connectivity index (χ0) is 24.5. The molecule has 0 unspecified atom stereocenters. The molecular weight excluding hydrogens is 454 g/mol. The molecule has 1 fully saturated rings. The lowest BCUT2D eigenvalue weighted by Gasteiger charge is -2.35. The second-order valence-corrected chi connectivity index (χ2v) is 10.1. The number of carbonyl (C=O) groups is 1. The van der Waals surface area contributed by atoms with Gasteiger partial charge in [0.2, 0.25) is 11.8 Å². The number of likely N-dealkylation sites (tertiary alicyclic amines) is 1. The highest BCUT2D eigenvalue weighted by Gasteiger charge is 2.20.